The van der Waals surface area contributed by atoms with Gasteiger partial charge in [-0.2, -0.15) is 0 Å². The van der Waals surface area contributed by atoms with Gasteiger partial charge in [0.15, 0.2) is 11.4 Å². The highest BCUT2D eigenvalue weighted by atomic mass is 16.3. The number of hydrogen-bond acceptors (Lipinski definition) is 3. The molecule has 4 heteroatoms. The fourth-order valence-electron chi connectivity index (χ4n) is 8.39. The van der Waals surface area contributed by atoms with E-state index >= 15 is 0 Å². The molecule has 0 aliphatic heterocycles. The number of rotatable bonds is 5. The van der Waals surface area contributed by atoms with Crippen LogP contribution in [-0.2, 0) is 10.8 Å². The Kier molecular flexibility index (Phi) is 8.24. The highest BCUT2D eigenvalue weighted by Crippen LogP contribution is 2.46. The Labute approximate surface area is 339 Å². The maximum atomic E-state index is 6.68. The number of furan rings is 1. The van der Waals surface area contributed by atoms with Gasteiger partial charge in [0.2, 0.25) is 0 Å². The third-order valence-electron chi connectivity index (χ3n) is 11.5. The van der Waals surface area contributed by atoms with E-state index in [0.717, 1.165) is 61.2 Å². The van der Waals surface area contributed by atoms with Crippen molar-refractivity contribution >= 4 is 43.9 Å². The lowest BCUT2D eigenvalue weighted by molar-refractivity contribution is 0.590. The summed E-state index contributed by atoms with van der Waals surface area (Å²) in [6, 6.07) is 58.6. The van der Waals surface area contributed by atoms with E-state index in [1.54, 1.807) is 0 Å². The van der Waals surface area contributed by atoms with Gasteiger partial charge in [-0.25, -0.2) is 9.97 Å². The molecule has 58 heavy (non-hydrogen) atoms. The predicted octanol–water partition coefficient (Wildman–Crippen LogP) is 14.7. The zero-order valence-corrected chi connectivity index (χ0v) is 33.8. The maximum absolute atomic E-state index is 6.68. The summed E-state index contributed by atoms with van der Waals surface area (Å²) < 4.78 is 9.19. The van der Waals surface area contributed by atoms with Crippen molar-refractivity contribution in [2.45, 2.75) is 52.4 Å². The SMILES string of the molecule is CC(C)(C)c1ccc2c(c1)c1cc(C(C)(C)C)ccc1n2-c1c(-c2ccccc2)cc(-c2nc(-c3ccccc3)nc3c2oc2ccccc23)cc1-c1ccccc1. The van der Waals surface area contributed by atoms with Crippen LogP contribution in [0.25, 0.3) is 94.5 Å². The molecule has 4 nitrogen and oxygen atoms in total. The summed E-state index contributed by atoms with van der Waals surface area (Å²) in [6.45, 7) is 13.8. The van der Waals surface area contributed by atoms with Crippen molar-refractivity contribution in [3.05, 3.63) is 175 Å². The van der Waals surface area contributed by atoms with Crippen LogP contribution in [0.1, 0.15) is 52.7 Å². The molecule has 0 saturated heterocycles. The zero-order chi connectivity index (χ0) is 39.8. The number of nitrogens with zero attached hydrogens (tertiary/aromatic N) is 3. The van der Waals surface area contributed by atoms with Crippen LogP contribution in [0.15, 0.2) is 168 Å². The molecule has 7 aromatic carbocycles. The van der Waals surface area contributed by atoms with Gasteiger partial charge in [0, 0.05) is 38.4 Å². The second-order valence-corrected chi connectivity index (χ2v) is 17.5. The van der Waals surface area contributed by atoms with Gasteiger partial charge in [-0.1, -0.05) is 157 Å². The molecule has 0 N–H and O–H groups in total. The Hall–Kier alpha value is -6.78. The van der Waals surface area contributed by atoms with Crippen molar-refractivity contribution in [2.75, 3.05) is 0 Å². The van der Waals surface area contributed by atoms with Crippen LogP contribution in [-0.4, -0.2) is 14.5 Å². The van der Waals surface area contributed by atoms with Crippen molar-refractivity contribution in [3.63, 3.8) is 0 Å². The van der Waals surface area contributed by atoms with E-state index in [2.05, 4.69) is 174 Å². The highest BCUT2D eigenvalue weighted by molar-refractivity contribution is 6.12. The second-order valence-electron chi connectivity index (χ2n) is 17.5. The Balaban J connectivity index is 1.36. The molecule has 3 heterocycles. The van der Waals surface area contributed by atoms with Gasteiger partial charge in [0.05, 0.1) is 16.7 Å². The number of benzene rings is 7. The van der Waals surface area contributed by atoms with Crippen LogP contribution in [0.2, 0.25) is 0 Å². The fraction of sp³-hybridized carbons (Fsp3) is 0.148. The summed E-state index contributed by atoms with van der Waals surface area (Å²) in [4.78, 5) is 10.5. The van der Waals surface area contributed by atoms with Crippen LogP contribution in [0.3, 0.4) is 0 Å². The van der Waals surface area contributed by atoms with Crippen LogP contribution in [0, 0.1) is 0 Å². The normalized spacial score (nSPS) is 12.3. The second kappa shape index (κ2) is 13.4. The van der Waals surface area contributed by atoms with E-state index in [4.69, 9.17) is 14.4 Å². The van der Waals surface area contributed by atoms with Crippen LogP contribution < -0.4 is 0 Å². The Morgan fingerprint density at radius 1 is 0.448 bits per heavy atom. The first-order valence-corrected chi connectivity index (χ1v) is 20.2. The standard InChI is InChI=1S/C54H45N3O/c1-53(2,3)38-26-28-45-43(32-38)44-33-39(54(4,5)6)27-29-46(44)57(45)50-41(34-18-10-7-11-19-34)30-37(31-42(50)35-20-12-8-13-21-35)48-51-49(40-24-16-17-25-47(40)58-51)56-52(55-48)36-22-14-9-15-23-36/h7-33H,1-6H3. The van der Waals surface area contributed by atoms with E-state index < -0.39 is 0 Å². The molecule has 10 aromatic rings. The van der Waals surface area contributed by atoms with E-state index in [-0.39, 0.29) is 10.8 Å². The van der Waals surface area contributed by atoms with Crippen molar-refractivity contribution in [1.29, 1.82) is 0 Å². The lowest BCUT2D eigenvalue weighted by atomic mass is 9.85. The highest BCUT2D eigenvalue weighted by Gasteiger charge is 2.26. The predicted molar refractivity (Wildman–Crippen MR) is 243 cm³/mol. The van der Waals surface area contributed by atoms with E-state index in [0.29, 0.717) is 11.4 Å². The molecule has 0 aliphatic rings. The third kappa shape index (κ3) is 5.99. The largest absolute Gasteiger partial charge is 0.452 e. The quantitative estimate of drug-likeness (QED) is 0.176. The van der Waals surface area contributed by atoms with Gasteiger partial charge in [-0.15, -0.1) is 0 Å². The van der Waals surface area contributed by atoms with Gasteiger partial charge >= 0.3 is 0 Å². The molecule has 0 radical (unpaired) electrons. The van der Waals surface area contributed by atoms with Crippen LogP contribution >= 0.6 is 0 Å². The molecule has 0 spiro atoms. The monoisotopic (exact) mass is 751 g/mol. The van der Waals surface area contributed by atoms with Crippen molar-refractivity contribution in [3.8, 4) is 50.6 Å². The summed E-state index contributed by atoms with van der Waals surface area (Å²) in [6.07, 6.45) is 0. The molecule has 0 bridgehead atoms. The molecule has 0 amide bonds. The molecule has 10 rings (SSSR count). The summed E-state index contributed by atoms with van der Waals surface area (Å²) in [7, 11) is 0. The summed E-state index contributed by atoms with van der Waals surface area (Å²) in [5.41, 5.74) is 15.4. The Bertz CT molecular complexity index is 3030. The van der Waals surface area contributed by atoms with Gasteiger partial charge < -0.3 is 8.98 Å². The zero-order valence-electron chi connectivity index (χ0n) is 33.8. The maximum Gasteiger partial charge on any atom is 0.180 e. The average Bonchev–Trinajstić information content (AvgIpc) is 3.78. The van der Waals surface area contributed by atoms with Crippen LogP contribution in [0.4, 0.5) is 0 Å². The van der Waals surface area contributed by atoms with Gasteiger partial charge in [0.25, 0.3) is 0 Å². The van der Waals surface area contributed by atoms with Gasteiger partial charge in [-0.3, -0.25) is 0 Å². The van der Waals surface area contributed by atoms with E-state index in [1.165, 1.54) is 32.9 Å². The smallest absolute Gasteiger partial charge is 0.180 e. The Morgan fingerprint density at radius 2 is 0.931 bits per heavy atom. The lowest BCUT2D eigenvalue weighted by Crippen LogP contribution is -2.10. The molecular formula is C54H45N3O. The van der Waals surface area contributed by atoms with Crippen molar-refractivity contribution in [2.24, 2.45) is 0 Å². The Morgan fingerprint density at radius 3 is 1.45 bits per heavy atom. The minimum absolute atomic E-state index is 0.00553. The van der Waals surface area contributed by atoms with Crippen molar-refractivity contribution < 1.29 is 4.42 Å². The van der Waals surface area contributed by atoms with Gasteiger partial charge in [0.1, 0.15) is 16.8 Å². The minimum Gasteiger partial charge on any atom is -0.452 e. The fourth-order valence-corrected chi connectivity index (χ4v) is 8.39. The molecule has 0 unspecified atom stereocenters. The lowest BCUT2D eigenvalue weighted by Gasteiger charge is -2.22. The molecule has 3 aromatic heterocycles. The molecule has 0 fully saturated rings. The number of aromatic nitrogens is 3. The molecule has 0 atom stereocenters. The number of fused-ring (bicyclic) bond motifs is 6. The molecule has 0 aliphatic carbocycles. The average molecular weight is 752 g/mol. The summed E-state index contributed by atoms with van der Waals surface area (Å²) in [5.74, 6) is 0.660. The van der Waals surface area contributed by atoms with Crippen LogP contribution in [0.5, 0.6) is 0 Å². The van der Waals surface area contributed by atoms with E-state index in [9.17, 15) is 0 Å². The van der Waals surface area contributed by atoms with Gasteiger partial charge in [-0.05, 0) is 81.6 Å². The number of hydrogen-bond donors (Lipinski definition) is 0. The molecular weight excluding hydrogens is 707 g/mol. The van der Waals surface area contributed by atoms with E-state index in [1.807, 2.05) is 36.4 Å². The molecule has 282 valence electrons. The van der Waals surface area contributed by atoms with Crippen molar-refractivity contribution in [1.82, 2.24) is 14.5 Å². The minimum atomic E-state index is -0.00553. The first kappa shape index (κ1) is 35.6. The molecule has 0 saturated carbocycles. The first-order valence-electron chi connectivity index (χ1n) is 20.2. The summed E-state index contributed by atoms with van der Waals surface area (Å²) in [5, 5.41) is 3.47. The number of para-hydroxylation sites is 1. The summed E-state index contributed by atoms with van der Waals surface area (Å²) >= 11 is 0. The first-order chi connectivity index (χ1) is 28.0. The third-order valence-corrected chi connectivity index (χ3v) is 11.5. The topological polar surface area (TPSA) is 43.9 Å².